The van der Waals surface area contributed by atoms with Crippen LogP contribution >= 0.6 is 23.4 Å². The number of amides is 1. The first-order valence-electron chi connectivity index (χ1n) is 13.2. The number of carbonyl (C=O) groups excluding carboxylic acids is 1. The Balaban J connectivity index is 1.28. The number of halogens is 4. The first kappa shape index (κ1) is 29.5. The number of fused-ring (bicyclic) bond motifs is 1. The van der Waals surface area contributed by atoms with Crippen molar-refractivity contribution >= 4 is 45.0 Å². The molecule has 40 heavy (non-hydrogen) atoms. The number of alkyl halides is 1. The molecule has 4 atom stereocenters. The monoisotopic (exact) mass is 617 g/mol. The van der Waals surface area contributed by atoms with Gasteiger partial charge in [-0.3, -0.25) is 9.69 Å². The number of nitrogens with zero attached hydrogens (tertiary/aromatic N) is 1. The van der Waals surface area contributed by atoms with Crippen molar-refractivity contribution in [3.05, 3.63) is 53.1 Å². The van der Waals surface area contributed by atoms with Gasteiger partial charge in [0.15, 0.2) is 0 Å². The molecule has 0 spiro atoms. The molecule has 0 bridgehead atoms. The van der Waals surface area contributed by atoms with Gasteiger partial charge in [0.05, 0.1) is 21.7 Å². The molecule has 2 aromatic rings. The number of likely N-dealkylation sites (tertiary alicyclic amines) is 1. The van der Waals surface area contributed by atoms with Crippen LogP contribution in [0.3, 0.4) is 0 Å². The van der Waals surface area contributed by atoms with Gasteiger partial charge in [0.2, 0.25) is 0 Å². The number of nitrogens with one attached hydrogen (secondary N) is 2. The molecule has 1 amide bonds. The number of rotatable bonds is 11. The summed E-state index contributed by atoms with van der Waals surface area (Å²) in [7, 11) is -4.42. The molecule has 1 saturated carbocycles. The van der Waals surface area contributed by atoms with Gasteiger partial charge in [0, 0.05) is 36.3 Å². The van der Waals surface area contributed by atoms with Crippen molar-refractivity contribution in [1.29, 1.82) is 0 Å². The molecule has 2 N–H and O–H groups in total. The normalized spacial score (nSPS) is 25.5. The number of hydrogen-bond acceptors (Lipinski definition) is 7. The average molecular weight is 618 g/mol. The molecule has 2 aliphatic heterocycles. The highest BCUT2D eigenvalue weighted by Crippen LogP contribution is 2.46. The number of sulfonamides is 1. The standard InChI is InChI=1S/C27H31ClF3N3O4S2/c1-27(12-16-2-7-24(16)38-27)26(35)33-40(36,37)21-10-22(28)25(23(31)11-21)32-19(8-9-34-13-18(30)14-34)15-39-20-5-3-17(29)4-6-20/h3-6,10-11,16,18-19,24,32H,2,7-9,12-15H2,1H3,(H,33,35)/t16?,19-,24?,27?/m1/s1. The van der Waals surface area contributed by atoms with Crippen molar-refractivity contribution in [2.45, 2.75) is 66.3 Å². The van der Waals surface area contributed by atoms with E-state index < -0.39 is 38.4 Å². The number of carbonyl (C=O) groups is 1. The van der Waals surface area contributed by atoms with E-state index in [4.69, 9.17) is 16.3 Å². The van der Waals surface area contributed by atoms with Crippen LogP contribution in [0.5, 0.6) is 0 Å². The SMILES string of the molecule is CC1(C(=O)NS(=O)(=O)c2cc(F)c(N[C@H](CCN3CC(F)C3)CSc3ccc(F)cc3)c(Cl)c2)CC2CCC2O1. The van der Waals surface area contributed by atoms with Crippen molar-refractivity contribution in [2.24, 2.45) is 5.92 Å². The molecule has 0 aromatic heterocycles. The highest BCUT2D eigenvalue weighted by molar-refractivity contribution is 7.99. The van der Waals surface area contributed by atoms with Crippen LogP contribution in [-0.2, 0) is 19.6 Å². The van der Waals surface area contributed by atoms with Gasteiger partial charge < -0.3 is 10.1 Å². The zero-order chi connectivity index (χ0) is 28.7. The summed E-state index contributed by atoms with van der Waals surface area (Å²) < 4.78 is 75.6. The minimum Gasteiger partial charge on any atom is -0.378 e. The third-order valence-corrected chi connectivity index (χ3v) is 10.5. The molecular formula is C27H31ClF3N3O4S2. The quantitative estimate of drug-likeness (QED) is 0.343. The second-order valence-corrected chi connectivity index (χ2v) is 14.1. The van der Waals surface area contributed by atoms with E-state index in [0.717, 1.165) is 29.9 Å². The van der Waals surface area contributed by atoms with Gasteiger partial charge in [-0.25, -0.2) is 26.3 Å². The van der Waals surface area contributed by atoms with Crippen LogP contribution in [0, 0.1) is 17.6 Å². The molecule has 2 saturated heterocycles. The molecule has 3 fully saturated rings. The lowest BCUT2D eigenvalue weighted by atomic mass is 9.79. The van der Waals surface area contributed by atoms with Crippen LogP contribution in [-0.4, -0.2) is 68.5 Å². The third kappa shape index (κ3) is 6.56. The Hall–Kier alpha value is -1.99. The van der Waals surface area contributed by atoms with Gasteiger partial charge in [-0.05, 0) is 74.9 Å². The molecule has 5 rings (SSSR count). The maximum atomic E-state index is 15.3. The topological polar surface area (TPSA) is 87.7 Å². The smallest absolute Gasteiger partial charge is 0.265 e. The Morgan fingerprint density at radius 2 is 1.95 bits per heavy atom. The Labute approximate surface area is 241 Å². The molecule has 0 radical (unpaired) electrons. The van der Waals surface area contributed by atoms with E-state index in [1.54, 1.807) is 19.1 Å². The van der Waals surface area contributed by atoms with E-state index in [0.29, 0.717) is 38.2 Å². The predicted octanol–water partition coefficient (Wildman–Crippen LogP) is 5.00. The Morgan fingerprint density at radius 1 is 1.23 bits per heavy atom. The Morgan fingerprint density at radius 3 is 2.52 bits per heavy atom. The fraction of sp³-hybridized carbons (Fsp3) is 0.519. The lowest BCUT2D eigenvalue weighted by Crippen LogP contribution is -2.49. The summed E-state index contributed by atoms with van der Waals surface area (Å²) in [4.78, 5) is 15.1. The summed E-state index contributed by atoms with van der Waals surface area (Å²) >= 11 is 7.80. The van der Waals surface area contributed by atoms with E-state index in [2.05, 4.69) is 5.32 Å². The van der Waals surface area contributed by atoms with E-state index in [1.165, 1.54) is 23.9 Å². The fourth-order valence-electron chi connectivity index (χ4n) is 5.24. The molecule has 7 nitrogen and oxygen atoms in total. The summed E-state index contributed by atoms with van der Waals surface area (Å²) in [5, 5.41) is 2.91. The van der Waals surface area contributed by atoms with Gasteiger partial charge in [-0.2, -0.15) is 0 Å². The van der Waals surface area contributed by atoms with E-state index in [1.807, 2.05) is 9.62 Å². The number of thioether (sulfide) groups is 1. The second-order valence-electron chi connectivity index (χ2n) is 10.9. The lowest BCUT2D eigenvalue weighted by Gasteiger charge is -2.35. The first-order valence-corrected chi connectivity index (χ1v) is 16.0. The fourth-order valence-corrected chi connectivity index (χ4v) is 7.65. The van der Waals surface area contributed by atoms with Gasteiger partial charge >= 0.3 is 0 Å². The Kier molecular flexibility index (Phi) is 8.64. The van der Waals surface area contributed by atoms with Crippen molar-refractivity contribution in [3.63, 3.8) is 0 Å². The molecule has 218 valence electrons. The van der Waals surface area contributed by atoms with Crippen LogP contribution in [0.2, 0.25) is 5.02 Å². The highest BCUT2D eigenvalue weighted by atomic mass is 35.5. The predicted molar refractivity (Wildman–Crippen MR) is 148 cm³/mol. The summed E-state index contributed by atoms with van der Waals surface area (Å²) in [5.41, 5.74) is -1.34. The average Bonchev–Trinajstić information content (AvgIpc) is 3.11. The summed E-state index contributed by atoms with van der Waals surface area (Å²) in [6.07, 6.45) is 1.86. The first-order chi connectivity index (χ1) is 18.9. The van der Waals surface area contributed by atoms with Crippen LogP contribution in [0.4, 0.5) is 18.9 Å². The molecule has 13 heteroatoms. The Bertz CT molecular complexity index is 1320. The lowest BCUT2D eigenvalue weighted by molar-refractivity contribution is -0.143. The van der Waals surface area contributed by atoms with Gasteiger partial charge in [-0.15, -0.1) is 11.8 Å². The van der Waals surface area contributed by atoms with Crippen LogP contribution < -0.4 is 10.0 Å². The van der Waals surface area contributed by atoms with Crippen molar-refractivity contribution in [2.75, 3.05) is 30.7 Å². The zero-order valence-electron chi connectivity index (χ0n) is 21.8. The molecule has 3 aliphatic rings. The van der Waals surface area contributed by atoms with Crippen LogP contribution in [0.1, 0.15) is 32.6 Å². The molecule has 3 unspecified atom stereocenters. The van der Waals surface area contributed by atoms with Crippen molar-refractivity contribution in [1.82, 2.24) is 9.62 Å². The maximum absolute atomic E-state index is 15.3. The summed E-state index contributed by atoms with van der Waals surface area (Å²) in [6.45, 7) is 2.82. The third-order valence-electron chi connectivity index (χ3n) is 7.76. The van der Waals surface area contributed by atoms with Gasteiger partial charge in [-0.1, -0.05) is 11.6 Å². The van der Waals surface area contributed by atoms with Crippen LogP contribution in [0.15, 0.2) is 46.2 Å². The molecule has 2 aromatic carbocycles. The molecular weight excluding hydrogens is 587 g/mol. The largest absolute Gasteiger partial charge is 0.378 e. The minimum absolute atomic E-state index is 0.0376. The van der Waals surface area contributed by atoms with Crippen LogP contribution in [0.25, 0.3) is 0 Å². The zero-order valence-corrected chi connectivity index (χ0v) is 24.2. The minimum atomic E-state index is -4.42. The van der Waals surface area contributed by atoms with E-state index in [-0.39, 0.29) is 34.6 Å². The summed E-state index contributed by atoms with van der Waals surface area (Å²) in [6, 6.07) is 7.58. The van der Waals surface area contributed by atoms with Gasteiger partial charge in [0.1, 0.15) is 23.4 Å². The molecule has 1 aliphatic carbocycles. The summed E-state index contributed by atoms with van der Waals surface area (Å²) in [5.74, 6) is -1.34. The van der Waals surface area contributed by atoms with E-state index >= 15 is 4.39 Å². The number of anilines is 1. The number of hydrogen-bond donors (Lipinski definition) is 2. The van der Waals surface area contributed by atoms with E-state index in [9.17, 15) is 22.0 Å². The molecule has 2 heterocycles. The van der Waals surface area contributed by atoms with Crippen molar-refractivity contribution in [3.8, 4) is 0 Å². The maximum Gasteiger partial charge on any atom is 0.265 e. The highest BCUT2D eigenvalue weighted by Gasteiger charge is 2.52. The number of benzene rings is 2. The number of ether oxygens (including phenoxy) is 1. The van der Waals surface area contributed by atoms with Gasteiger partial charge in [0.25, 0.3) is 15.9 Å². The second kappa shape index (κ2) is 11.7. The van der Waals surface area contributed by atoms with Crippen molar-refractivity contribution < 1.29 is 31.1 Å².